The van der Waals surface area contributed by atoms with Crippen molar-refractivity contribution in [2.45, 2.75) is 25.3 Å². The zero-order valence-corrected chi connectivity index (χ0v) is 10.7. The molecule has 0 aromatic rings. The van der Waals surface area contributed by atoms with Crippen LogP contribution in [0.15, 0.2) is 0 Å². The van der Waals surface area contributed by atoms with E-state index < -0.39 is 5.54 Å². The Morgan fingerprint density at radius 2 is 2.06 bits per heavy atom. The second kappa shape index (κ2) is 5.62. The topological polar surface area (TPSA) is 56.3 Å². The molecule has 1 atom stereocenters. The van der Waals surface area contributed by atoms with Crippen LogP contribution in [0.3, 0.4) is 0 Å². The van der Waals surface area contributed by atoms with Gasteiger partial charge in [0.15, 0.2) is 0 Å². The minimum Gasteiger partial charge on any atom is -0.313 e. The third-order valence-electron chi connectivity index (χ3n) is 3.26. The van der Waals surface area contributed by atoms with Gasteiger partial charge >= 0.3 is 0 Å². The van der Waals surface area contributed by atoms with E-state index in [-0.39, 0.29) is 0 Å². The average Bonchev–Trinajstić information content (AvgIpc) is 2.21. The molecule has 0 bridgehead atoms. The first kappa shape index (κ1) is 13.4. The van der Waals surface area contributed by atoms with Crippen molar-refractivity contribution in [2.24, 2.45) is 11.7 Å². The van der Waals surface area contributed by atoms with Crippen molar-refractivity contribution in [1.29, 1.82) is 5.26 Å². The Morgan fingerprint density at radius 3 is 2.56 bits per heavy atom. The maximum atomic E-state index is 8.88. The molecule has 1 saturated heterocycles. The van der Waals surface area contributed by atoms with E-state index in [4.69, 9.17) is 11.0 Å². The van der Waals surface area contributed by atoms with Gasteiger partial charge in [0.1, 0.15) is 5.54 Å². The summed E-state index contributed by atoms with van der Waals surface area (Å²) >= 11 is 0. The van der Waals surface area contributed by atoms with E-state index >= 15 is 0 Å². The van der Waals surface area contributed by atoms with Gasteiger partial charge in [0, 0.05) is 13.1 Å². The molecule has 4 nitrogen and oxygen atoms in total. The molecule has 1 aliphatic heterocycles. The van der Waals surface area contributed by atoms with Crippen molar-refractivity contribution in [3.05, 3.63) is 0 Å². The molecule has 0 saturated carbocycles. The molecule has 92 valence electrons. The minimum absolute atomic E-state index is 0.649. The lowest BCUT2D eigenvalue weighted by molar-refractivity contribution is 0.168. The van der Waals surface area contributed by atoms with Crippen LogP contribution in [0.4, 0.5) is 0 Å². The number of likely N-dealkylation sites (N-methyl/N-ethyl adjacent to an activating group) is 1. The molecule has 1 unspecified atom stereocenters. The number of piperidine rings is 1. The van der Waals surface area contributed by atoms with Gasteiger partial charge in [0.2, 0.25) is 0 Å². The van der Waals surface area contributed by atoms with Crippen molar-refractivity contribution < 1.29 is 0 Å². The predicted octanol–water partition coefficient (Wildman–Crippen LogP) is 0.501. The quantitative estimate of drug-likeness (QED) is 0.755. The lowest BCUT2D eigenvalue weighted by atomic mass is 9.96. The molecular formula is C12H24N4. The summed E-state index contributed by atoms with van der Waals surface area (Å²) in [6.07, 6.45) is 2.52. The van der Waals surface area contributed by atoms with Gasteiger partial charge in [-0.25, -0.2) is 0 Å². The van der Waals surface area contributed by atoms with Crippen LogP contribution in [0.5, 0.6) is 0 Å². The Hall–Kier alpha value is -0.630. The highest BCUT2D eigenvalue weighted by Crippen LogP contribution is 2.17. The second-order valence-electron chi connectivity index (χ2n) is 5.47. The van der Waals surface area contributed by atoms with Crippen LogP contribution < -0.4 is 5.73 Å². The first-order valence-corrected chi connectivity index (χ1v) is 6.00. The number of nitriles is 1. The molecule has 2 N–H and O–H groups in total. The number of nitrogens with two attached hydrogens (primary N) is 1. The normalized spacial score (nSPS) is 23.0. The van der Waals surface area contributed by atoms with Gasteiger partial charge < -0.3 is 15.5 Å². The first-order chi connectivity index (χ1) is 7.43. The van der Waals surface area contributed by atoms with Crippen molar-refractivity contribution in [1.82, 2.24) is 9.80 Å². The maximum Gasteiger partial charge on any atom is 0.114 e. The summed E-state index contributed by atoms with van der Waals surface area (Å²) in [5.41, 5.74) is 5.11. The van der Waals surface area contributed by atoms with Gasteiger partial charge in [-0.15, -0.1) is 0 Å². The fourth-order valence-electron chi connectivity index (χ4n) is 2.35. The third-order valence-corrected chi connectivity index (χ3v) is 3.26. The molecule has 1 heterocycles. The molecule has 0 spiro atoms. The van der Waals surface area contributed by atoms with E-state index in [0.717, 1.165) is 12.5 Å². The summed E-state index contributed by atoms with van der Waals surface area (Å²) < 4.78 is 0. The van der Waals surface area contributed by atoms with Gasteiger partial charge in [-0.1, -0.05) is 0 Å². The zero-order chi connectivity index (χ0) is 12.2. The van der Waals surface area contributed by atoms with Crippen LogP contribution in [-0.2, 0) is 0 Å². The predicted molar refractivity (Wildman–Crippen MR) is 65.9 cm³/mol. The van der Waals surface area contributed by atoms with Crippen molar-refractivity contribution in [2.75, 3.05) is 40.3 Å². The molecule has 0 amide bonds. The van der Waals surface area contributed by atoms with E-state index in [1.54, 1.807) is 6.92 Å². The van der Waals surface area contributed by atoms with E-state index in [0.29, 0.717) is 6.54 Å². The summed E-state index contributed by atoms with van der Waals surface area (Å²) in [5.74, 6) is 0.760. The van der Waals surface area contributed by atoms with Crippen molar-refractivity contribution in [3.63, 3.8) is 0 Å². The van der Waals surface area contributed by atoms with Crippen LogP contribution in [0.25, 0.3) is 0 Å². The average molecular weight is 224 g/mol. The van der Waals surface area contributed by atoms with Crippen molar-refractivity contribution in [3.8, 4) is 6.07 Å². The molecule has 0 aliphatic carbocycles. The Labute approximate surface area is 99.0 Å². The molecule has 1 aliphatic rings. The SMILES string of the molecule is CN1CCC(CN(C)CC(C)(N)C#N)CC1. The first-order valence-electron chi connectivity index (χ1n) is 6.00. The number of nitrogens with zero attached hydrogens (tertiary/aromatic N) is 3. The van der Waals surface area contributed by atoms with E-state index in [9.17, 15) is 0 Å². The van der Waals surface area contributed by atoms with Gasteiger partial charge in [-0.05, 0) is 52.9 Å². The van der Waals surface area contributed by atoms with E-state index in [2.05, 4.69) is 30.0 Å². The Morgan fingerprint density at radius 1 is 1.50 bits per heavy atom. The number of rotatable bonds is 4. The van der Waals surface area contributed by atoms with E-state index in [1.807, 2.05) is 0 Å². The number of hydrogen-bond donors (Lipinski definition) is 1. The summed E-state index contributed by atoms with van der Waals surface area (Å²) in [5, 5.41) is 8.88. The molecule has 0 aromatic carbocycles. The highest BCUT2D eigenvalue weighted by Gasteiger charge is 2.23. The van der Waals surface area contributed by atoms with Gasteiger partial charge in [0.05, 0.1) is 6.07 Å². The summed E-state index contributed by atoms with van der Waals surface area (Å²) in [4.78, 5) is 4.57. The monoisotopic (exact) mass is 224 g/mol. The highest BCUT2D eigenvalue weighted by molar-refractivity contribution is 5.02. The summed E-state index contributed by atoms with van der Waals surface area (Å²) in [6.45, 7) is 5.88. The molecular weight excluding hydrogens is 200 g/mol. The Balaban J connectivity index is 2.29. The summed E-state index contributed by atoms with van der Waals surface area (Å²) in [6, 6.07) is 2.14. The lowest BCUT2D eigenvalue weighted by Gasteiger charge is -2.33. The highest BCUT2D eigenvalue weighted by atomic mass is 15.1. The number of likely N-dealkylation sites (tertiary alicyclic amines) is 1. The van der Waals surface area contributed by atoms with Crippen LogP contribution in [0.2, 0.25) is 0 Å². The third kappa shape index (κ3) is 4.48. The smallest absolute Gasteiger partial charge is 0.114 e. The van der Waals surface area contributed by atoms with Crippen LogP contribution >= 0.6 is 0 Å². The largest absolute Gasteiger partial charge is 0.313 e. The Kier molecular flexibility index (Phi) is 4.72. The fourth-order valence-corrected chi connectivity index (χ4v) is 2.35. The Bertz CT molecular complexity index is 248. The maximum absolute atomic E-state index is 8.88. The minimum atomic E-state index is -0.722. The standard InChI is InChI=1S/C12H24N4/c1-12(14,9-13)10-16(3)8-11-4-6-15(2)7-5-11/h11H,4-8,10,14H2,1-3H3. The molecule has 0 radical (unpaired) electrons. The van der Waals surface area contributed by atoms with E-state index in [1.165, 1.54) is 25.9 Å². The van der Waals surface area contributed by atoms with Gasteiger partial charge in [-0.3, -0.25) is 0 Å². The van der Waals surface area contributed by atoms with Gasteiger partial charge in [0.25, 0.3) is 0 Å². The zero-order valence-electron chi connectivity index (χ0n) is 10.7. The second-order valence-corrected chi connectivity index (χ2v) is 5.47. The number of hydrogen-bond acceptors (Lipinski definition) is 4. The van der Waals surface area contributed by atoms with Gasteiger partial charge in [-0.2, -0.15) is 5.26 Å². The lowest BCUT2D eigenvalue weighted by Crippen LogP contribution is -2.47. The van der Waals surface area contributed by atoms with Crippen LogP contribution in [0, 0.1) is 17.2 Å². The van der Waals surface area contributed by atoms with Crippen LogP contribution in [-0.4, -0.2) is 55.6 Å². The molecule has 16 heavy (non-hydrogen) atoms. The summed E-state index contributed by atoms with van der Waals surface area (Å²) in [7, 11) is 4.23. The van der Waals surface area contributed by atoms with Crippen molar-refractivity contribution >= 4 is 0 Å². The molecule has 4 heteroatoms. The van der Waals surface area contributed by atoms with Crippen LogP contribution in [0.1, 0.15) is 19.8 Å². The molecule has 0 aromatic heterocycles. The molecule has 1 fully saturated rings. The fraction of sp³-hybridized carbons (Fsp3) is 0.917. The molecule has 1 rings (SSSR count).